The molecule has 0 bridgehead atoms. The first-order valence-corrected chi connectivity index (χ1v) is 21.4. The quantitative estimate of drug-likeness (QED) is 0.166. The molecule has 0 N–H and O–H groups in total. The second-order valence-corrected chi connectivity index (χ2v) is 21.7. The third-order valence-corrected chi connectivity index (χ3v) is 13.2. The van der Waals surface area contributed by atoms with Crippen LogP contribution in [-0.2, 0) is 27.1 Å². The molecule has 3 aliphatic rings. The van der Waals surface area contributed by atoms with Crippen molar-refractivity contribution in [2.24, 2.45) is 0 Å². The van der Waals surface area contributed by atoms with Crippen LogP contribution in [-0.4, -0.2) is 6.71 Å². The van der Waals surface area contributed by atoms with Gasteiger partial charge in [0.15, 0.2) is 0 Å². The summed E-state index contributed by atoms with van der Waals surface area (Å²) < 4.78 is 71.9. The van der Waals surface area contributed by atoms with Crippen molar-refractivity contribution in [2.75, 3.05) is 9.80 Å². The zero-order valence-electron chi connectivity index (χ0n) is 44.6. The van der Waals surface area contributed by atoms with Gasteiger partial charge in [-0.1, -0.05) is 151 Å². The molecular weight excluding hydrogens is 715 g/mol. The van der Waals surface area contributed by atoms with Crippen molar-refractivity contribution in [3.63, 3.8) is 0 Å². The average Bonchev–Trinajstić information content (AvgIpc) is 3.63. The highest BCUT2D eigenvalue weighted by Gasteiger charge is 2.52. The van der Waals surface area contributed by atoms with Crippen LogP contribution in [0.1, 0.15) is 146 Å². The van der Waals surface area contributed by atoms with Crippen molar-refractivity contribution < 1.29 is 14.0 Å². The van der Waals surface area contributed by atoms with Gasteiger partial charge in [-0.05, 0) is 123 Å². The number of hydrogen-bond donors (Lipinski definition) is 0. The lowest BCUT2D eigenvalue weighted by Crippen LogP contribution is -2.61. The second-order valence-electron chi connectivity index (χ2n) is 21.7. The average molecular weight is 786 g/mol. The first-order chi connectivity index (χ1) is 30.5. The number of aryl methyl sites for hydroxylation is 1. The molecule has 0 amide bonds. The van der Waals surface area contributed by atoms with Gasteiger partial charge in [-0.2, -0.15) is 0 Å². The minimum atomic E-state index is -0.433. The molecule has 1 aromatic heterocycles. The Bertz CT molecular complexity index is 3000. The molecule has 0 atom stereocenters. The van der Waals surface area contributed by atoms with E-state index >= 15 is 0 Å². The molecule has 0 spiro atoms. The van der Waals surface area contributed by atoms with E-state index in [-0.39, 0.29) is 75.6 Å². The predicted molar refractivity (Wildman–Crippen MR) is 254 cm³/mol. The van der Waals surface area contributed by atoms with Crippen molar-refractivity contribution in [1.82, 2.24) is 0 Å². The number of fused-ring (bicyclic) bond motifs is 6. The van der Waals surface area contributed by atoms with E-state index in [1.54, 1.807) is 0 Å². The number of rotatable bonds is 3. The number of hydrogen-bond acceptors (Lipinski definition) is 3. The standard InChI is InChI=1S/C55H63BN2O/c1-34-30-44-47-45(31-34)58(42-26-22-37(52(5,6)7)32-40(42)35-18-16-15-17-19-35)43-27-23-38(53(8,9)10)33-41(43)56(47)50-48(46-49(59-50)55(13,14)29-28-54(46,11)12)57(44)39-24-20-36(21-25-39)51(2,3)4/h15-27,30-33H,28-29H2,1-14H3/i15D,16D,17D,18D,19D,24D,25D. The molecule has 9 rings (SSSR count). The van der Waals surface area contributed by atoms with Gasteiger partial charge in [0.1, 0.15) is 5.76 Å². The second kappa shape index (κ2) is 13.0. The first-order valence-electron chi connectivity index (χ1n) is 24.9. The van der Waals surface area contributed by atoms with Crippen molar-refractivity contribution in [2.45, 2.75) is 137 Å². The van der Waals surface area contributed by atoms with Crippen LogP contribution in [0.25, 0.3) is 11.1 Å². The van der Waals surface area contributed by atoms with Gasteiger partial charge in [0.2, 0.25) is 0 Å². The molecule has 3 heterocycles. The van der Waals surface area contributed by atoms with Crippen LogP contribution in [0.5, 0.6) is 0 Å². The third-order valence-electron chi connectivity index (χ3n) is 13.2. The number of nitrogens with zero attached hydrogens (tertiary/aromatic N) is 2. The van der Waals surface area contributed by atoms with Gasteiger partial charge < -0.3 is 14.2 Å². The highest BCUT2D eigenvalue weighted by Crippen LogP contribution is 2.55. The lowest BCUT2D eigenvalue weighted by molar-refractivity contribution is 0.282. The first kappa shape index (κ1) is 31.9. The molecule has 0 unspecified atom stereocenters. The van der Waals surface area contributed by atoms with Crippen LogP contribution >= 0.6 is 0 Å². The van der Waals surface area contributed by atoms with Gasteiger partial charge in [0, 0.05) is 39.3 Å². The van der Waals surface area contributed by atoms with Gasteiger partial charge in [0.25, 0.3) is 6.71 Å². The van der Waals surface area contributed by atoms with Crippen molar-refractivity contribution in [3.05, 3.63) is 137 Å². The molecule has 6 aromatic rings. The largest absolute Gasteiger partial charge is 0.472 e. The predicted octanol–water partition coefficient (Wildman–Crippen LogP) is 13.6. The van der Waals surface area contributed by atoms with Gasteiger partial charge in [-0.25, -0.2) is 0 Å². The topological polar surface area (TPSA) is 19.6 Å². The zero-order chi connectivity index (χ0) is 48.3. The molecule has 5 aromatic carbocycles. The summed E-state index contributed by atoms with van der Waals surface area (Å²) in [7, 11) is 0. The maximum Gasteiger partial charge on any atom is 0.297 e. The summed E-state index contributed by atoms with van der Waals surface area (Å²) in [6.07, 6.45) is 1.88. The van der Waals surface area contributed by atoms with E-state index < -0.39 is 6.04 Å². The monoisotopic (exact) mass is 786 g/mol. The molecular formula is C55H63BN2O. The van der Waals surface area contributed by atoms with Crippen LogP contribution in [0.3, 0.4) is 0 Å². The van der Waals surface area contributed by atoms with Crippen LogP contribution in [0.15, 0.2) is 107 Å². The van der Waals surface area contributed by atoms with Gasteiger partial charge in [-0.3, -0.25) is 0 Å². The zero-order valence-corrected chi connectivity index (χ0v) is 37.6. The fourth-order valence-corrected chi connectivity index (χ4v) is 9.60. The summed E-state index contributed by atoms with van der Waals surface area (Å²) in [6.45, 7) is 30.2. The Labute approximate surface area is 364 Å². The normalized spacial score (nSPS) is 18.3. The summed E-state index contributed by atoms with van der Waals surface area (Å²) in [6, 6.07) is 19.9. The van der Waals surface area contributed by atoms with Crippen LogP contribution in [0, 0.1) is 6.92 Å². The Kier molecular flexibility index (Phi) is 7.04. The lowest BCUT2D eigenvalue weighted by Gasteiger charge is -2.45. The smallest absolute Gasteiger partial charge is 0.297 e. The van der Waals surface area contributed by atoms with E-state index in [0.29, 0.717) is 16.9 Å². The Balaban J connectivity index is 1.47. The van der Waals surface area contributed by atoms with Crippen molar-refractivity contribution >= 4 is 57.4 Å². The van der Waals surface area contributed by atoms with Crippen molar-refractivity contribution in [3.8, 4) is 11.1 Å². The van der Waals surface area contributed by atoms with Crippen LogP contribution < -0.4 is 26.4 Å². The maximum atomic E-state index is 9.83. The third kappa shape index (κ3) is 6.31. The number of furan rings is 1. The van der Waals surface area contributed by atoms with Crippen molar-refractivity contribution in [1.29, 1.82) is 0 Å². The number of anilines is 6. The molecule has 3 nitrogen and oxygen atoms in total. The molecule has 4 heteroatoms. The molecule has 0 fully saturated rings. The molecule has 2 aliphatic heterocycles. The highest BCUT2D eigenvalue weighted by molar-refractivity contribution is 6.99. The van der Waals surface area contributed by atoms with Crippen LogP contribution in [0.2, 0.25) is 0 Å². The van der Waals surface area contributed by atoms with Gasteiger partial charge in [-0.15, -0.1) is 0 Å². The molecule has 302 valence electrons. The summed E-state index contributed by atoms with van der Waals surface area (Å²) in [5.41, 5.74) is 11.9. The minimum Gasteiger partial charge on any atom is -0.472 e. The molecule has 0 saturated carbocycles. The fourth-order valence-electron chi connectivity index (χ4n) is 9.60. The van der Waals surface area contributed by atoms with Crippen LogP contribution in [0.4, 0.5) is 34.1 Å². The van der Waals surface area contributed by atoms with Gasteiger partial charge >= 0.3 is 0 Å². The lowest BCUT2D eigenvalue weighted by atomic mass is 9.35. The Morgan fingerprint density at radius 3 is 1.78 bits per heavy atom. The highest BCUT2D eigenvalue weighted by atomic mass is 16.3. The van der Waals surface area contributed by atoms with E-state index in [1.807, 2.05) is 24.3 Å². The minimum absolute atomic E-state index is 0.141. The Morgan fingerprint density at radius 1 is 0.610 bits per heavy atom. The Hall–Kier alpha value is -4.96. The summed E-state index contributed by atoms with van der Waals surface area (Å²) in [4.78, 5) is 4.40. The maximum absolute atomic E-state index is 9.83. The SMILES string of the molecule is [2H]c1cc(C(C)(C)C)cc([2H])c1N1c2cc(C)cc3c2B(c2cc(C(C)(C)C)ccc2N3c2ccc(C(C)(C)C)cc2-c2c([2H])c([2H])c([2H])c([2H])c2[2H])c2oc3c(c21)C(C)(C)CCC3(C)C. The molecule has 0 saturated heterocycles. The summed E-state index contributed by atoms with van der Waals surface area (Å²) in [5.74, 6) is 0.946. The van der Waals surface area contributed by atoms with E-state index in [0.717, 1.165) is 85.8 Å². The molecule has 1 aliphatic carbocycles. The van der Waals surface area contributed by atoms with E-state index in [1.165, 1.54) is 0 Å². The molecule has 0 radical (unpaired) electrons. The van der Waals surface area contributed by atoms with Gasteiger partial charge in [0.05, 0.1) is 26.6 Å². The van der Waals surface area contributed by atoms with E-state index in [2.05, 4.69) is 143 Å². The summed E-state index contributed by atoms with van der Waals surface area (Å²) >= 11 is 0. The molecule has 59 heavy (non-hydrogen) atoms. The fraction of sp³-hybridized carbons (Fsp3) is 0.382. The van der Waals surface area contributed by atoms with E-state index in [9.17, 15) is 5.48 Å². The number of benzene rings is 5. The Morgan fingerprint density at radius 2 is 1.17 bits per heavy atom. The summed E-state index contributed by atoms with van der Waals surface area (Å²) in [5, 5.41) is 0. The van der Waals surface area contributed by atoms with E-state index in [4.69, 9.17) is 8.53 Å².